The Labute approximate surface area is 219 Å². The third-order valence-electron chi connectivity index (χ3n) is 5.99. The summed E-state index contributed by atoms with van der Waals surface area (Å²) in [5, 5.41) is 3.10. The van der Waals surface area contributed by atoms with Crippen LogP contribution in [-0.4, -0.2) is 34.1 Å². The standard InChI is InChI=1S/C27H24ClN3O4S/c1-5-35-26(34)18-9-11-20(12-10-18)30-15(2)13-19(17(30)4)14-21-24(32)29-27(36)31(25(21)33)23-8-6-7-22(28)16(23)3/h6-14H,5H2,1-4H3,(H,29,32,36)/b21-14+. The first-order chi connectivity index (χ1) is 17.1. The molecule has 0 radical (unpaired) electrons. The molecule has 184 valence electrons. The number of carbonyl (C=O) groups is 3. The van der Waals surface area contributed by atoms with E-state index in [4.69, 9.17) is 28.6 Å². The maximum Gasteiger partial charge on any atom is 0.338 e. The summed E-state index contributed by atoms with van der Waals surface area (Å²) in [6.07, 6.45) is 1.57. The van der Waals surface area contributed by atoms with Gasteiger partial charge in [0.15, 0.2) is 5.11 Å². The molecule has 0 unspecified atom stereocenters. The molecule has 1 fully saturated rings. The van der Waals surface area contributed by atoms with Crippen molar-refractivity contribution in [1.82, 2.24) is 9.88 Å². The molecular weight excluding hydrogens is 498 g/mol. The molecule has 1 aliphatic rings. The Hall–Kier alpha value is -3.75. The Bertz CT molecular complexity index is 1440. The number of hydrogen-bond acceptors (Lipinski definition) is 5. The van der Waals surface area contributed by atoms with Crippen molar-refractivity contribution in [2.24, 2.45) is 0 Å². The molecule has 2 aromatic carbocycles. The van der Waals surface area contributed by atoms with Crippen molar-refractivity contribution in [2.45, 2.75) is 27.7 Å². The van der Waals surface area contributed by atoms with E-state index in [0.29, 0.717) is 34.0 Å². The molecular formula is C27H24ClN3O4S. The van der Waals surface area contributed by atoms with Crippen LogP contribution in [0, 0.1) is 20.8 Å². The fourth-order valence-electron chi connectivity index (χ4n) is 4.16. The molecule has 0 spiro atoms. The first-order valence-corrected chi connectivity index (χ1v) is 12.1. The minimum absolute atomic E-state index is 0.000297. The Balaban J connectivity index is 1.72. The summed E-state index contributed by atoms with van der Waals surface area (Å²) in [5.41, 5.74) is 4.86. The van der Waals surface area contributed by atoms with E-state index in [2.05, 4.69) is 5.32 Å². The molecule has 1 aliphatic heterocycles. The second-order valence-corrected chi connectivity index (χ2v) is 9.06. The predicted octanol–water partition coefficient (Wildman–Crippen LogP) is 5.06. The highest BCUT2D eigenvalue weighted by Crippen LogP contribution is 2.30. The van der Waals surface area contributed by atoms with Gasteiger partial charge in [-0.2, -0.15) is 0 Å². The van der Waals surface area contributed by atoms with Crippen LogP contribution in [0.1, 0.15) is 39.8 Å². The van der Waals surface area contributed by atoms with Crippen molar-refractivity contribution in [3.05, 3.63) is 87.2 Å². The van der Waals surface area contributed by atoms with Crippen molar-refractivity contribution in [2.75, 3.05) is 11.5 Å². The lowest BCUT2D eigenvalue weighted by Crippen LogP contribution is -2.54. The van der Waals surface area contributed by atoms with E-state index in [1.54, 1.807) is 50.3 Å². The van der Waals surface area contributed by atoms with Crippen LogP contribution in [0.5, 0.6) is 0 Å². The van der Waals surface area contributed by atoms with Gasteiger partial charge < -0.3 is 9.30 Å². The normalized spacial score (nSPS) is 14.9. The topological polar surface area (TPSA) is 80.6 Å². The number of rotatable bonds is 5. The summed E-state index contributed by atoms with van der Waals surface area (Å²) in [4.78, 5) is 39.5. The van der Waals surface area contributed by atoms with E-state index < -0.39 is 11.8 Å². The number of aryl methyl sites for hydroxylation is 1. The zero-order valence-electron chi connectivity index (χ0n) is 20.2. The van der Waals surface area contributed by atoms with Gasteiger partial charge >= 0.3 is 5.97 Å². The average Bonchev–Trinajstić information content (AvgIpc) is 3.12. The molecule has 2 amide bonds. The summed E-state index contributed by atoms with van der Waals surface area (Å²) in [5.74, 6) is -1.48. The van der Waals surface area contributed by atoms with Crippen LogP contribution in [0.3, 0.4) is 0 Å². The molecule has 1 aromatic heterocycles. The number of thiocarbonyl (C=S) groups is 1. The Morgan fingerprint density at radius 1 is 1.11 bits per heavy atom. The van der Waals surface area contributed by atoms with Crippen LogP contribution < -0.4 is 10.2 Å². The van der Waals surface area contributed by atoms with Gasteiger partial charge in [-0.25, -0.2) is 4.79 Å². The lowest BCUT2D eigenvalue weighted by Gasteiger charge is -2.30. The van der Waals surface area contributed by atoms with E-state index in [1.807, 2.05) is 36.6 Å². The maximum atomic E-state index is 13.5. The number of benzene rings is 2. The third kappa shape index (κ3) is 4.57. The quantitative estimate of drug-likeness (QED) is 0.219. The summed E-state index contributed by atoms with van der Waals surface area (Å²) >= 11 is 11.6. The maximum absolute atomic E-state index is 13.5. The number of nitrogens with zero attached hydrogens (tertiary/aromatic N) is 2. The summed E-state index contributed by atoms with van der Waals surface area (Å²) in [7, 11) is 0. The van der Waals surface area contributed by atoms with Gasteiger partial charge in [-0.05, 0) is 99.6 Å². The SMILES string of the molecule is CCOC(=O)c1ccc(-n2c(C)cc(/C=C3\C(=O)NC(=S)N(c4cccc(Cl)c4C)C3=O)c2C)cc1. The molecule has 1 N–H and O–H groups in total. The highest BCUT2D eigenvalue weighted by atomic mass is 35.5. The summed E-state index contributed by atoms with van der Waals surface area (Å²) < 4.78 is 7.03. The van der Waals surface area contributed by atoms with Gasteiger partial charge in [0, 0.05) is 22.1 Å². The number of halogens is 1. The van der Waals surface area contributed by atoms with E-state index in [0.717, 1.165) is 17.1 Å². The minimum atomic E-state index is -0.565. The van der Waals surface area contributed by atoms with E-state index in [9.17, 15) is 14.4 Å². The number of hydrogen-bond donors (Lipinski definition) is 1. The Morgan fingerprint density at radius 2 is 1.81 bits per heavy atom. The molecule has 36 heavy (non-hydrogen) atoms. The third-order valence-corrected chi connectivity index (χ3v) is 6.68. The number of amides is 2. The van der Waals surface area contributed by atoms with Crippen LogP contribution in [0.4, 0.5) is 5.69 Å². The highest BCUT2D eigenvalue weighted by molar-refractivity contribution is 7.80. The number of carbonyl (C=O) groups excluding carboxylic acids is 3. The highest BCUT2D eigenvalue weighted by Gasteiger charge is 2.35. The number of ether oxygens (including phenoxy) is 1. The van der Waals surface area contributed by atoms with Gasteiger partial charge in [-0.3, -0.25) is 19.8 Å². The average molecular weight is 522 g/mol. The molecule has 0 aliphatic carbocycles. The molecule has 7 nitrogen and oxygen atoms in total. The zero-order chi connectivity index (χ0) is 26.1. The molecule has 0 bridgehead atoms. The van der Waals surface area contributed by atoms with Crippen LogP contribution in [-0.2, 0) is 14.3 Å². The number of anilines is 1. The van der Waals surface area contributed by atoms with Crippen LogP contribution in [0.25, 0.3) is 11.8 Å². The van der Waals surface area contributed by atoms with Gasteiger partial charge in [0.05, 0.1) is 17.9 Å². The fraction of sp³-hybridized carbons (Fsp3) is 0.185. The predicted molar refractivity (Wildman–Crippen MR) is 144 cm³/mol. The number of esters is 1. The molecule has 9 heteroatoms. The van der Waals surface area contributed by atoms with Crippen LogP contribution in [0.15, 0.2) is 54.1 Å². The first-order valence-electron chi connectivity index (χ1n) is 11.3. The fourth-order valence-corrected chi connectivity index (χ4v) is 4.61. The van der Waals surface area contributed by atoms with Crippen molar-refractivity contribution < 1.29 is 19.1 Å². The zero-order valence-corrected chi connectivity index (χ0v) is 21.8. The molecule has 1 saturated heterocycles. The second-order valence-electron chi connectivity index (χ2n) is 8.27. The van der Waals surface area contributed by atoms with E-state index in [-0.39, 0.29) is 16.7 Å². The molecule has 0 atom stereocenters. The van der Waals surface area contributed by atoms with E-state index in [1.165, 1.54) is 4.90 Å². The largest absolute Gasteiger partial charge is 0.462 e. The molecule has 3 aromatic rings. The monoisotopic (exact) mass is 521 g/mol. The van der Waals surface area contributed by atoms with Gasteiger partial charge in [0.25, 0.3) is 11.8 Å². The number of nitrogens with one attached hydrogen (secondary N) is 1. The molecule has 4 rings (SSSR count). The van der Waals surface area contributed by atoms with Crippen LogP contribution in [0.2, 0.25) is 5.02 Å². The Kier molecular flexibility index (Phi) is 7.10. The van der Waals surface area contributed by atoms with E-state index >= 15 is 0 Å². The molecule has 0 saturated carbocycles. The van der Waals surface area contributed by atoms with Gasteiger partial charge in [-0.15, -0.1) is 0 Å². The van der Waals surface area contributed by atoms with Crippen molar-refractivity contribution in [3.8, 4) is 5.69 Å². The first kappa shape index (κ1) is 25.3. The smallest absolute Gasteiger partial charge is 0.338 e. The number of aromatic nitrogens is 1. The molecule has 2 heterocycles. The summed E-state index contributed by atoms with van der Waals surface area (Å²) in [6, 6.07) is 14.1. The van der Waals surface area contributed by atoms with Crippen molar-refractivity contribution >= 4 is 58.5 Å². The van der Waals surface area contributed by atoms with Crippen molar-refractivity contribution in [1.29, 1.82) is 0 Å². The van der Waals surface area contributed by atoms with Gasteiger partial charge in [-0.1, -0.05) is 17.7 Å². The second kappa shape index (κ2) is 10.1. The van der Waals surface area contributed by atoms with Gasteiger partial charge in [0.2, 0.25) is 0 Å². The Morgan fingerprint density at radius 3 is 2.47 bits per heavy atom. The van der Waals surface area contributed by atoms with Crippen molar-refractivity contribution in [3.63, 3.8) is 0 Å². The lowest BCUT2D eigenvalue weighted by atomic mass is 10.1. The minimum Gasteiger partial charge on any atom is -0.462 e. The van der Waals surface area contributed by atoms with Crippen LogP contribution >= 0.6 is 23.8 Å². The summed E-state index contributed by atoms with van der Waals surface area (Å²) in [6.45, 7) is 7.67. The lowest BCUT2D eigenvalue weighted by molar-refractivity contribution is -0.122. The van der Waals surface area contributed by atoms with Gasteiger partial charge in [0.1, 0.15) is 5.57 Å².